The number of hydrogen-bond acceptors (Lipinski definition) is 4. The standard InChI is InChI=1S/C13H15ClN4O2/c1-9(13(19)20)6-7-18-12(15-16-17-18)8-10-4-2-3-5-11(10)14/h2-5,9H,6-8H2,1H3,(H,19,20). The molecule has 7 heteroatoms. The summed E-state index contributed by atoms with van der Waals surface area (Å²) < 4.78 is 1.63. The Morgan fingerprint density at radius 3 is 2.90 bits per heavy atom. The Morgan fingerprint density at radius 1 is 1.45 bits per heavy atom. The van der Waals surface area contributed by atoms with E-state index >= 15 is 0 Å². The molecule has 0 radical (unpaired) electrons. The molecule has 0 saturated heterocycles. The van der Waals surface area contributed by atoms with Gasteiger partial charge in [-0.05, 0) is 28.5 Å². The molecule has 0 saturated carbocycles. The first-order valence-electron chi connectivity index (χ1n) is 6.29. The van der Waals surface area contributed by atoms with Gasteiger partial charge in [-0.15, -0.1) is 5.10 Å². The molecule has 1 aromatic heterocycles. The number of benzene rings is 1. The molecular weight excluding hydrogens is 280 g/mol. The van der Waals surface area contributed by atoms with Crippen molar-refractivity contribution in [2.45, 2.75) is 26.3 Å². The number of aryl methyl sites for hydroxylation is 1. The molecule has 0 amide bonds. The lowest BCUT2D eigenvalue weighted by molar-refractivity contribution is -0.141. The van der Waals surface area contributed by atoms with Crippen LogP contribution in [-0.4, -0.2) is 31.3 Å². The predicted octanol–water partition coefficient (Wildman–Crippen LogP) is 2.03. The van der Waals surface area contributed by atoms with Gasteiger partial charge < -0.3 is 5.11 Å². The van der Waals surface area contributed by atoms with Gasteiger partial charge in [0.05, 0.1) is 5.92 Å². The van der Waals surface area contributed by atoms with Crippen LogP contribution in [0.25, 0.3) is 0 Å². The molecule has 6 nitrogen and oxygen atoms in total. The molecule has 0 aliphatic carbocycles. The highest BCUT2D eigenvalue weighted by Gasteiger charge is 2.14. The van der Waals surface area contributed by atoms with Crippen molar-refractivity contribution in [2.24, 2.45) is 5.92 Å². The summed E-state index contributed by atoms with van der Waals surface area (Å²) >= 11 is 6.11. The van der Waals surface area contributed by atoms with Crippen LogP contribution in [0, 0.1) is 5.92 Å². The van der Waals surface area contributed by atoms with Crippen molar-refractivity contribution in [1.29, 1.82) is 0 Å². The number of aromatic nitrogens is 4. The molecule has 2 aromatic rings. The lowest BCUT2D eigenvalue weighted by Crippen LogP contribution is -2.15. The van der Waals surface area contributed by atoms with E-state index in [1.807, 2.05) is 24.3 Å². The van der Waals surface area contributed by atoms with Gasteiger partial charge in [0.1, 0.15) is 0 Å². The third-order valence-corrected chi connectivity index (χ3v) is 3.48. The van der Waals surface area contributed by atoms with Gasteiger partial charge in [-0.2, -0.15) is 0 Å². The highest BCUT2D eigenvalue weighted by molar-refractivity contribution is 6.31. The van der Waals surface area contributed by atoms with Gasteiger partial charge >= 0.3 is 5.97 Å². The minimum absolute atomic E-state index is 0.424. The summed E-state index contributed by atoms with van der Waals surface area (Å²) in [6.07, 6.45) is 1.00. The number of hydrogen-bond donors (Lipinski definition) is 1. The van der Waals surface area contributed by atoms with Gasteiger partial charge in [-0.3, -0.25) is 4.79 Å². The second-order valence-corrected chi connectivity index (χ2v) is 5.02. The van der Waals surface area contributed by atoms with E-state index in [-0.39, 0.29) is 0 Å². The fourth-order valence-electron chi connectivity index (χ4n) is 1.78. The van der Waals surface area contributed by atoms with Crippen LogP contribution in [0.4, 0.5) is 0 Å². The molecule has 0 spiro atoms. The maximum Gasteiger partial charge on any atom is 0.306 e. The summed E-state index contributed by atoms with van der Waals surface area (Å²) in [5.41, 5.74) is 0.941. The van der Waals surface area contributed by atoms with E-state index < -0.39 is 11.9 Å². The molecule has 0 bridgehead atoms. The van der Waals surface area contributed by atoms with Gasteiger partial charge in [0.15, 0.2) is 5.82 Å². The van der Waals surface area contributed by atoms with E-state index in [0.717, 1.165) is 5.56 Å². The van der Waals surface area contributed by atoms with Crippen LogP contribution in [0.15, 0.2) is 24.3 Å². The van der Waals surface area contributed by atoms with Crippen molar-refractivity contribution >= 4 is 17.6 Å². The minimum atomic E-state index is -0.814. The number of carboxylic acid groups (broad SMARTS) is 1. The van der Waals surface area contributed by atoms with Crippen molar-refractivity contribution in [3.8, 4) is 0 Å². The molecule has 1 heterocycles. The van der Waals surface area contributed by atoms with Crippen LogP contribution in [0.3, 0.4) is 0 Å². The average Bonchev–Trinajstić information content (AvgIpc) is 2.86. The maximum absolute atomic E-state index is 10.8. The Balaban J connectivity index is 2.05. The quantitative estimate of drug-likeness (QED) is 0.881. The molecule has 0 aliphatic heterocycles. The first-order chi connectivity index (χ1) is 9.58. The van der Waals surface area contributed by atoms with E-state index in [9.17, 15) is 4.79 Å². The van der Waals surface area contributed by atoms with E-state index in [0.29, 0.717) is 30.2 Å². The Labute approximate surface area is 121 Å². The van der Waals surface area contributed by atoms with Crippen LogP contribution in [-0.2, 0) is 17.8 Å². The molecule has 2 rings (SSSR count). The van der Waals surface area contributed by atoms with Crippen LogP contribution in [0.2, 0.25) is 5.02 Å². The summed E-state index contributed by atoms with van der Waals surface area (Å²) in [4.78, 5) is 10.8. The lowest BCUT2D eigenvalue weighted by Gasteiger charge is -2.08. The van der Waals surface area contributed by atoms with Crippen molar-refractivity contribution in [1.82, 2.24) is 20.2 Å². The Kier molecular flexibility index (Phi) is 4.68. The normalized spacial score (nSPS) is 12.3. The Bertz CT molecular complexity index is 600. The number of carboxylic acids is 1. The first kappa shape index (κ1) is 14.5. The summed E-state index contributed by atoms with van der Waals surface area (Å²) in [5.74, 6) is -0.561. The van der Waals surface area contributed by atoms with Gasteiger partial charge in [0.2, 0.25) is 0 Å². The second kappa shape index (κ2) is 6.47. The molecular formula is C13H15ClN4O2. The van der Waals surface area contributed by atoms with Gasteiger partial charge in [-0.25, -0.2) is 4.68 Å². The number of tetrazole rings is 1. The number of nitrogens with zero attached hydrogens (tertiary/aromatic N) is 4. The van der Waals surface area contributed by atoms with E-state index in [1.54, 1.807) is 11.6 Å². The third-order valence-electron chi connectivity index (χ3n) is 3.11. The lowest BCUT2D eigenvalue weighted by atomic mass is 10.1. The van der Waals surface area contributed by atoms with E-state index in [1.165, 1.54) is 0 Å². The average molecular weight is 295 g/mol. The predicted molar refractivity (Wildman–Crippen MR) is 73.5 cm³/mol. The van der Waals surface area contributed by atoms with Crippen LogP contribution in [0.1, 0.15) is 24.7 Å². The smallest absolute Gasteiger partial charge is 0.306 e. The largest absolute Gasteiger partial charge is 0.481 e. The zero-order valence-corrected chi connectivity index (χ0v) is 11.8. The SMILES string of the molecule is CC(CCn1nnnc1Cc1ccccc1Cl)C(=O)O. The van der Waals surface area contributed by atoms with Crippen molar-refractivity contribution < 1.29 is 9.90 Å². The van der Waals surface area contributed by atoms with Crippen LogP contribution < -0.4 is 0 Å². The minimum Gasteiger partial charge on any atom is -0.481 e. The van der Waals surface area contributed by atoms with E-state index in [4.69, 9.17) is 16.7 Å². The van der Waals surface area contributed by atoms with Gasteiger partial charge in [-0.1, -0.05) is 36.7 Å². The van der Waals surface area contributed by atoms with Crippen molar-refractivity contribution in [3.63, 3.8) is 0 Å². The van der Waals surface area contributed by atoms with Crippen molar-refractivity contribution in [3.05, 3.63) is 40.7 Å². The fourth-order valence-corrected chi connectivity index (χ4v) is 1.98. The number of carbonyl (C=O) groups is 1. The number of halogens is 1. The fraction of sp³-hybridized carbons (Fsp3) is 0.385. The van der Waals surface area contributed by atoms with Gasteiger partial charge in [0.25, 0.3) is 0 Å². The molecule has 0 aliphatic rings. The Morgan fingerprint density at radius 2 is 2.20 bits per heavy atom. The number of aliphatic carboxylic acids is 1. The second-order valence-electron chi connectivity index (χ2n) is 4.61. The van der Waals surface area contributed by atoms with Crippen LogP contribution >= 0.6 is 11.6 Å². The monoisotopic (exact) mass is 294 g/mol. The molecule has 1 unspecified atom stereocenters. The zero-order valence-electron chi connectivity index (χ0n) is 11.0. The first-order valence-corrected chi connectivity index (χ1v) is 6.67. The highest BCUT2D eigenvalue weighted by atomic mass is 35.5. The Hall–Kier alpha value is -1.95. The summed E-state index contributed by atoms with van der Waals surface area (Å²) in [6, 6.07) is 7.50. The number of rotatable bonds is 6. The van der Waals surface area contributed by atoms with Gasteiger partial charge in [0, 0.05) is 18.0 Å². The summed E-state index contributed by atoms with van der Waals surface area (Å²) in [5, 5.41) is 21.0. The maximum atomic E-state index is 10.8. The molecule has 106 valence electrons. The molecule has 1 aromatic carbocycles. The molecule has 0 fully saturated rings. The molecule has 1 atom stereocenters. The third kappa shape index (κ3) is 3.54. The highest BCUT2D eigenvalue weighted by Crippen LogP contribution is 2.18. The summed E-state index contributed by atoms with van der Waals surface area (Å²) in [7, 11) is 0. The summed E-state index contributed by atoms with van der Waals surface area (Å²) in [6.45, 7) is 2.14. The zero-order chi connectivity index (χ0) is 14.5. The molecule has 20 heavy (non-hydrogen) atoms. The van der Waals surface area contributed by atoms with E-state index in [2.05, 4.69) is 15.5 Å². The van der Waals surface area contributed by atoms with Crippen molar-refractivity contribution in [2.75, 3.05) is 0 Å². The topological polar surface area (TPSA) is 80.9 Å². The van der Waals surface area contributed by atoms with Crippen LogP contribution in [0.5, 0.6) is 0 Å². The molecule has 1 N–H and O–H groups in total.